The van der Waals surface area contributed by atoms with Crippen LogP contribution in [0.2, 0.25) is 0 Å². The van der Waals surface area contributed by atoms with Gasteiger partial charge in [0.15, 0.2) is 0 Å². The van der Waals surface area contributed by atoms with Crippen LogP contribution < -0.4 is 4.74 Å². The largest absolute Gasteiger partial charge is 0.475 e. The maximum atomic E-state index is 12.7. The van der Waals surface area contributed by atoms with Crippen molar-refractivity contribution in [1.29, 1.82) is 0 Å². The Bertz CT molecular complexity index is 278. The van der Waals surface area contributed by atoms with E-state index in [4.69, 9.17) is 9.47 Å². The molecule has 0 radical (unpaired) electrons. The summed E-state index contributed by atoms with van der Waals surface area (Å²) in [4.78, 5) is 3.76. The van der Waals surface area contributed by atoms with Crippen LogP contribution in [0.1, 0.15) is 5.56 Å². The monoisotopic (exact) mass is 185 g/mol. The minimum absolute atomic E-state index is 0.320. The van der Waals surface area contributed by atoms with E-state index >= 15 is 0 Å². The van der Waals surface area contributed by atoms with Crippen molar-refractivity contribution in [2.24, 2.45) is 0 Å². The second-order valence-corrected chi connectivity index (χ2v) is 2.61. The summed E-state index contributed by atoms with van der Waals surface area (Å²) in [6.45, 7) is 2.59. The van der Waals surface area contributed by atoms with Crippen LogP contribution in [-0.2, 0) is 4.74 Å². The lowest BCUT2D eigenvalue weighted by molar-refractivity contribution is 0.143. The SMILES string of the molecule is COCCOc1cc(C)c(F)cn1. The first-order valence-corrected chi connectivity index (χ1v) is 3.98. The third kappa shape index (κ3) is 2.99. The standard InChI is InChI=1S/C9H12FNO2/c1-7-5-9(11-6-8(7)10)13-4-3-12-2/h5-6H,3-4H2,1-2H3. The molecule has 1 aromatic rings. The van der Waals surface area contributed by atoms with Gasteiger partial charge in [0.05, 0.1) is 12.8 Å². The second kappa shape index (κ2) is 4.77. The van der Waals surface area contributed by atoms with Gasteiger partial charge in [-0.05, 0) is 12.5 Å². The number of methoxy groups -OCH3 is 1. The van der Waals surface area contributed by atoms with Crippen molar-refractivity contribution in [1.82, 2.24) is 4.98 Å². The summed E-state index contributed by atoms with van der Waals surface area (Å²) in [6, 6.07) is 1.56. The molecule has 3 nitrogen and oxygen atoms in total. The first-order chi connectivity index (χ1) is 6.24. The van der Waals surface area contributed by atoms with E-state index in [-0.39, 0.29) is 5.82 Å². The number of nitrogens with zero attached hydrogens (tertiary/aromatic N) is 1. The molecule has 72 valence electrons. The first kappa shape index (κ1) is 9.92. The molecule has 0 saturated heterocycles. The number of aromatic nitrogens is 1. The first-order valence-electron chi connectivity index (χ1n) is 3.98. The summed E-state index contributed by atoms with van der Waals surface area (Å²) in [5, 5.41) is 0. The molecule has 4 heteroatoms. The lowest BCUT2D eigenvalue weighted by Gasteiger charge is -2.04. The number of pyridine rings is 1. The Morgan fingerprint density at radius 2 is 2.23 bits per heavy atom. The maximum absolute atomic E-state index is 12.7. The molecule has 0 saturated carbocycles. The molecule has 0 atom stereocenters. The highest BCUT2D eigenvalue weighted by atomic mass is 19.1. The molecule has 0 aliphatic carbocycles. The second-order valence-electron chi connectivity index (χ2n) is 2.61. The van der Waals surface area contributed by atoms with Crippen molar-refractivity contribution >= 4 is 0 Å². The number of rotatable bonds is 4. The molecule has 0 spiro atoms. The third-order valence-electron chi connectivity index (χ3n) is 1.56. The molecule has 1 rings (SSSR count). The fourth-order valence-electron chi connectivity index (χ4n) is 0.822. The van der Waals surface area contributed by atoms with Crippen molar-refractivity contribution in [3.05, 3.63) is 23.6 Å². The average Bonchev–Trinajstić information content (AvgIpc) is 2.12. The van der Waals surface area contributed by atoms with E-state index in [1.54, 1.807) is 20.1 Å². The molecular formula is C9H12FNO2. The predicted molar refractivity (Wildman–Crippen MR) is 46.3 cm³/mol. The molecule has 1 heterocycles. The maximum Gasteiger partial charge on any atom is 0.213 e. The molecule has 0 bridgehead atoms. The molecule has 0 unspecified atom stereocenters. The van der Waals surface area contributed by atoms with Gasteiger partial charge in [-0.1, -0.05) is 0 Å². The third-order valence-corrected chi connectivity index (χ3v) is 1.56. The van der Waals surface area contributed by atoms with Gasteiger partial charge in [0.2, 0.25) is 5.88 Å². The summed E-state index contributed by atoms with van der Waals surface area (Å²) >= 11 is 0. The smallest absolute Gasteiger partial charge is 0.213 e. The van der Waals surface area contributed by atoms with E-state index < -0.39 is 0 Å². The summed E-state index contributed by atoms with van der Waals surface area (Å²) in [7, 11) is 1.59. The minimum atomic E-state index is -0.320. The number of hydrogen-bond acceptors (Lipinski definition) is 3. The zero-order valence-electron chi connectivity index (χ0n) is 7.71. The average molecular weight is 185 g/mol. The van der Waals surface area contributed by atoms with Gasteiger partial charge in [-0.25, -0.2) is 9.37 Å². The molecule has 0 aromatic carbocycles. The number of halogens is 1. The van der Waals surface area contributed by atoms with Gasteiger partial charge < -0.3 is 9.47 Å². The van der Waals surface area contributed by atoms with Crippen LogP contribution in [0.5, 0.6) is 5.88 Å². The van der Waals surface area contributed by atoms with E-state index in [1.807, 2.05) is 0 Å². The van der Waals surface area contributed by atoms with Crippen LogP contribution in [-0.4, -0.2) is 25.3 Å². The fraction of sp³-hybridized carbons (Fsp3) is 0.444. The summed E-state index contributed by atoms with van der Waals surface area (Å²) < 4.78 is 22.7. The summed E-state index contributed by atoms with van der Waals surface area (Å²) in [6.07, 6.45) is 1.15. The lowest BCUT2D eigenvalue weighted by Crippen LogP contribution is -2.05. The quantitative estimate of drug-likeness (QED) is 0.667. The number of aryl methyl sites for hydroxylation is 1. The van der Waals surface area contributed by atoms with Gasteiger partial charge in [0, 0.05) is 13.2 Å². The molecule has 13 heavy (non-hydrogen) atoms. The van der Waals surface area contributed by atoms with Crippen molar-refractivity contribution in [3.63, 3.8) is 0 Å². The molecule has 0 aliphatic rings. The van der Waals surface area contributed by atoms with Crippen molar-refractivity contribution in [2.75, 3.05) is 20.3 Å². The Kier molecular flexibility index (Phi) is 3.64. The van der Waals surface area contributed by atoms with Gasteiger partial charge in [0.1, 0.15) is 12.4 Å². The van der Waals surface area contributed by atoms with Gasteiger partial charge in [0.25, 0.3) is 0 Å². The topological polar surface area (TPSA) is 31.4 Å². The van der Waals surface area contributed by atoms with E-state index in [9.17, 15) is 4.39 Å². The van der Waals surface area contributed by atoms with Crippen molar-refractivity contribution in [3.8, 4) is 5.88 Å². The molecule has 0 amide bonds. The van der Waals surface area contributed by atoms with Crippen molar-refractivity contribution in [2.45, 2.75) is 6.92 Å². The lowest BCUT2D eigenvalue weighted by atomic mass is 10.3. The minimum Gasteiger partial charge on any atom is -0.475 e. The zero-order chi connectivity index (χ0) is 9.68. The summed E-state index contributed by atoms with van der Waals surface area (Å²) in [5.74, 6) is 0.107. The Labute approximate surface area is 76.5 Å². The van der Waals surface area contributed by atoms with Gasteiger partial charge in [-0.3, -0.25) is 0 Å². The highest BCUT2D eigenvalue weighted by molar-refractivity contribution is 5.20. The van der Waals surface area contributed by atoms with E-state index in [1.165, 1.54) is 0 Å². The van der Waals surface area contributed by atoms with E-state index in [0.717, 1.165) is 6.20 Å². The molecule has 0 N–H and O–H groups in total. The molecule has 0 aliphatic heterocycles. The highest BCUT2D eigenvalue weighted by Gasteiger charge is 2.00. The van der Waals surface area contributed by atoms with Crippen molar-refractivity contribution < 1.29 is 13.9 Å². The molecule has 0 fully saturated rings. The van der Waals surface area contributed by atoms with Crippen LogP contribution in [0, 0.1) is 12.7 Å². The molecule has 1 aromatic heterocycles. The Morgan fingerprint density at radius 3 is 2.85 bits per heavy atom. The number of hydrogen-bond donors (Lipinski definition) is 0. The van der Waals surface area contributed by atoms with Crippen LogP contribution in [0.3, 0.4) is 0 Å². The van der Waals surface area contributed by atoms with Crippen LogP contribution in [0.15, 0.2) is 12.3 Å². The highest BCUT2D eigenvalue weighted by Crippen LogP contribution is 2.11. The van der Waals surface area contributed by atoms with E-state index in [2.05, 4.69) is 4.98 Å². The van der Waals surface area contributed by atoms with Gasteiger partial charge in [-0.15, -0.1) is 0 Å². The fourth-order valence-corrected chi connectivity index (χ4v) is 0.822. The van der Waals surface area contributed by atoms with Gasteiger partial charge >= 0.3 is 0 Å². The van der Waals surface area contributed by atoms with E-state index in [0.29, 0.717) is 24.7 Å². The normalized spacial score (nSPS) is 10.1. The Morgan fingerprint density at radius 1 is 1.46 bits per heavy atom. The number of ether oxygens (including phenoxy) is 2. The van der Waals surface area contributed by atoms with Crippen LogP contribution >= 0.6 is 0 Å². The molecular weight excluding hydrogens is 173 g/mol. The van der Waals surface area contributed by atoms with Gasteiger partial charge in [-0.2, -0.15) is 0 Å². The Hall–Kier alpha value is -1.16. The zero-order valence-corrected chi connectivity index (χ0v) is 7.71. The Balaban J connectivity index is 2.53. The van der Waals surface area contributed by atoms with Crippen LogP contribution in [0.25, 0.3) is 0 Å². The van der Waals surface area contributed by atoms with Crippen LogP contribution in [0.4, 0.5) is 4.39 Å². The summed E-state index contributed by atoms with van der Waals surface area (Å²) in [5.41, 5.74) is 0.530. The predicted octanol–water partition coefficient (Wildman–Crippen LogP) is 1.55.